The number of anilines is 1. The molecule has 0 saturated carbocycles. The first-order valence-corrected chi connectivity index (χ1v) is 7.89. The number of benzene rings is 1. The molecule has 0 aliphatic carbocycles. The number of rotatable bonds is 5. The molecule has 3 N–H and O–H groups in total. The molecular weight excluding hydrogens is 344 g/mol. The topological polar surface area (TPSA) is 78.4 Å². The van der Waals surface area contributed by atoms with E-state index in [1.54, 1.807) is 17.8 Å². The summed E-state index contributed by atoms with van der Waals surface area (Å²) in [6.45, 7) is 4.57. The standard InChI is InChI=1S/C13H17BrN2O3S/c1-13(2,20-3)7-15-12(19)16-10-5-8(11(17)18)4-9(14)6-10/h4-6H,7H2,1-3H3,(H,17,18)(H2,15,16,19). The van der Waals surface area contributed by atoms with Crippen molar-refractivity contribution >= 4 is 45.4 Å². The predicted molar refractivity (Wildman–Crippen MR) is 85.7 cm³/mol. The zero-order valence-electron chi connectivity index (χ0n) is 11.5. The van der Waals surface area contributed by atoms with E-state index < -0.39 is 5.97 Å². The smallest absolute Gasteiger partial charge is 0.335 e. The van der Waals surface area contributed by atoms with Crippen LogP contribution in [0.25, 0.3) is 0 Å². The van der Waals surface area contributed by atoms with E-state index >= 15 is 0 Å². The van der Waals surface area contributed by atoms with Gasteiger partial charge in [-0.25, -0.2) is 9.59 Å². The van der Waals surface area contributed by atoms with E-state index in [9.17, 15) is 9.59 Å². The van der Waals surface area contributed by atoms with Crippen molar-refractivity contribution in [2.45, 2.75) is 18.6 Å². The molecule has 1 aromatic carbocycles. The Morgan fingerprint density at radius 2 is 2.00 bits per heavy atom. The molecule has 0 aromatic heterocycles. The van der Waals surface area contributed by atoms with Gasteiger partial charge < -0.3 is 15.7 Å². The summed E-state index contributed by atoms with van der Waals surface area (Å²) in [5.74, 6) is -1.04. The summed E-state index contributed by atoms with van der Waals surface area (Å²) in [5.41, 5.74) is 0.537. The average Bonchev–Trinajstić information content (AvgIpc) is 2.36. The first-order chi connectivity index (χ1) is 9.23. The Labute approximate surface area is 130 Å². The fourth-order valence-electron chi connectivity index (χ4n) is 1.33. The van der Waals surface area contributed by atoms with Gasteiger partial charge in [0.2, 0.25) is 0 Å². The number of thioether (sulfide) groups is 1. The highest BCUT2D eigenvalue weighted by Gasteiger charge is 2.17. The maximum absolute atomic E-state index is 11.8. The minimum Gasteiger partial charge on any atom is -0.478 e. The highest BCUT2D eigenvalue weighted by atomic mass is 79.9. The van der Waals surface area contributed by atoms with E-state index in [-0.39, 0.29) is 16.3 Å². The first kappa shape index (κ1) is 16.8. The zero-order valence-corrected chi connectivity index (χ0v) is 13.9. The number of carbonyl (C=O) groups excluding carboxylic acids is 1. The van der Waals surface area contributed by atoms with Crippen LogP contribution < -0.4 is 10.6 Å². The molecule has 0 aliphatic heterocycles. The molecule has 0 unspecified atom stereocenters. The Bertz CT molecular complexity index is 520. The number of carbonyl (C=O) groups is 2. The molecule has 1 aromatic rings. The lowest BCUT2D eigenvalue weighted by atomic mass is 10.2. The number of hydrogen-bond acceptors (Lipinski definition) is 3. The fraction of sp³-hybridized carbons (Fsp3) is 0.385. The quantitative estimate of drug-likeness (QED) is 0.751. The normalized spacial score (nSPS) is 11.0. The molecule has 7 heteroatoms. The molecular formula is C13H17BrN2O3S. The molecule has 0 aliphatic rings. The van der Waals surface area contributed by atoms with E-state index in [0.717, 1.165) is 0 Å². The molecule has 2 amide bonds. The van der Waals surface area contributed by atoms with Gasteiger partial charge in [0.05, 0.1) is 5.56 Å². The second-order valence-corrected chi connectivity index (χ2v) is 7.23. The monoisotopic (exact) mass is 360 g/mol. The number of halogens is 1. The van der Waals surface area contributed by atoms with Crippen molar-refractivity contribution < 1.29 is 14.7 Å². The number of carboxylic acid groups (broad SMARTS) is 1. The Kier molecular flexibility index (Phi) is 5.88. The largest absolute Gasteiger partial charge is 0.478 e. The second kappa shape index (κ2) is 6.99. The highest BCUT2D eigenvalue weighted by Crippen LogP contribution is 2.21. The summed E-state index contributed by atoms with van der Waals surface area (Å²) in [5, 5.41) is 14.3. The second-order valence-electron chi connectivity index (χ2n) is 4.81. The Morgan fingerprint density at radius 1 is 1.35 bits per heavy atom. The van der Waals surface area contributed by atoms with Crippen molar-refractivity contribution in [3.05, 3.63) is 28.2 Å². The number of hydrogen-bond donors (Lipinski definition) is 3. The van der Waals surface area contributed by atoms with Gasteiger partial charge in [-0.05, 0) is 38.3 Å². The molecule has 0 atom stereocenters. The molecule has 1 rings (SSSR count). The fourth-order valence-corrected chi connectivity index (χ4v) is 2.04. The van der Waals surface area contributed by atoms with Gasteiger partial charge in [-0.1, -0.05) is 15.9 Å². The third kappa shape index (κ3) is 5.42. The summed E-state index contributed by atoms with van der Waals surface area (Å²) in [6.07, 6.45) is 1.98. The van der Waals surface area contributed by atoms with Gasteiger partial charge in [0, 0.05) is 21.5 Å². The van der Waals surface area contributed by atoms with Crippen molar-refractivity contribution in [1.82, 2.24) is 5.32 Å². The van der Waals surface area contributed by atoms with Crippen LogP contribution in [0.5, 0.6) is 0 Å². The van der Waals surface area contributed by atoms with E-state index in [2.05, 4.69) is 26.6 Å². The summed E-state index contributed by atoms with van der Waals surface area (Å²) in [6, 6.07) is 4.17. The molecule has 0 heterocycles. The highest BCUT2D eigenvalue weighted by molar-refractivity contribution is 9.10. The van der Waals surface area contributed by atoms with Crippen molar-refractivity contribution in [3.8, 4) is 0 Å². The van der Waals surface area contributed by atoms with Gasteiger partial charge in [0.1, 0.15) is 0 Å². The van der Waals surface area contributed by atoms with Crippen LogP contribution >= 0.6 is 27.7 Å². The van der Waals surface area contributed by atoms with E-state index in [1.807, 2.05) is 20.1 Å². The predicted octanol–water partition coefficient (Wildman–Crippen LogP) is 3.41. The minimum atomic E-state index is -1.04. The summed E-state index contributed by atoms with van der Waals surface area (Å²) in [7, 11) is 0. The van der Waals surface area contributed by atoms with Crippen molar-refractivity contribution in [1.29, 1.82) is 0 Å². The molecule has 110 valence electrons. The Balaban J connectivity index is 2.69. The van der Waals surface area contributed by atoms with Gasteiger partial charge in [-0.2, -0.15) is 11.8 Å². The van der Waals surface area contributed by atoms with Crippen LogP contribution in [0.4, 0.5) is 10.5 Å². The molecule has 20 heavy (non-hydrogen) atoms. The van der Waals surface area contributed by atoms with Gasteiger partial charge in [-0.15, -0.1) is 0 Å². The van der Waals surface area contributed by atoms with Crippen LogP contribution in [-0.4, -0.2) is 34.7 Å². The average molecular weight is 361 g/mol. The lowest BCUT2D eigenvalue weighted by molar-refractivity contribution is 0.0697. The molecule has 0 bridgehead atoms. The van der Waals surface area contributed by atoms with Crippen molar-refractivity contribution in [3.63, 3.8) is 0 Å². The first-order valence-electron chi connectivity index (χ1n) is 5.87. The summed E-state index contributed by atoms with van der Waals surface area (Å²) >= 11 is 4.87. The third-order valence-corrected chi connectivity index (χ3v) is 4.34. The maximum Gasteiger partial charge on any atom is 0.335 e. The van der Waals surface area contributed by atoms with E-state index in [0.29, 0.717) is 16.7 Å². The van der Waals surface area contributed by atoms with Crippen molar-refractivity contribution in [2.24, 2.45) is 0 Å². The molecule has 0 radical (unpaired) electrons. The van der Waals surface area contributed by atoms with Crippen molar-refractivity contribution in [2.75, 3.05) is 18.1 Å². The van der Waals surface area contributed by atoms with Gasteiger partial charge in [0.15, 0.2) is 0 Å². The van der Waals surface area contributed by atoms with Crippen LogP contribution in [-0.2, 0) is 0 Å². The van der Waals surface area contributed by atoms with E-state index in [4.69, 9.17) is 5.11 Å². The lowest BCUT2D eigenvalue weighted by Crippen LogP contribution is -2.38. The summed E-state index contributed by atoms with van der Waals surface area (Å²) < 4.78 is 0.540. The molecule has 5 nitrogen and oxygen atoms in total. The Morgan fingerprint density at radius 3 is 2.55 bits per heavy atom. The van der Waals surface area contributed by atoms with Crippen LogP contribution in [0.3, 0.4) is 0 Å². The van der Waals surface area contributed by atoms with Gasteiger partial charge >= 0.3 is 12.0 Å². The molecule has 0 fully saturated rings. The number of amides is 2. The minimum absolute atomic E-state index is 0.0547. The van der Waals surface area contributed by atoms with Gasteiger partial charge in [0.25, 0.3) is 0 Å². The van der Waals surface area contributed by atoms with Crippen LogP contribution in [0.2, 0.25) is 0 Å². The molecule has 0 saturated heterocycles. The lowest BCUT2D eigenvalue weighted by Gasteiger charge is -2.22. The SMILES string of the molecule is CSC(C)(C)CNC(=O)Nc1cc(Br)cc(C(=O)O)c1. The number of aromatic carboxylic acids is 1. The molecule has 0 spiro atoms. The third-order valence-electron chi connectivity index (χ3n) is 2.63. The van der Waals surface area contributed by atoms with Gasteiger partial charge in [-0.3, -0.25) is 0 Å². The number of carboxylic acids is 1. The number of urea groups is 1. The Hall–Kier alpha value is -1.21. The van der Waals surface area contributed by atoms with Crippen LogP contribution in [0.15, 0.2) is 22.7 Å². The van der Waals surface area contributed by atoms with E-state index in [1.165, 1.54) is 12.1 Å². The number of nitrogens with one attached hydrogen (secondary N) is 2. The van der Waals surface area contributed by atoms with Crippen LogP contribution in [0, 0.1) is 0 Å². The summed E-state index contributed by atoms with van der Waals surface area (Å²) in [4.78, 5) is 22.7. The zero-order chi connectivity index (χ0) is 15.3. The van der Waals surface area contributed by atoms with Crippen LogP contribution in [0.1, 0.15) is 24.2 Å². The maximum atomic E-state index is 11.8.